The molecule has 0 bridgehead atoms. The summed E-state index contributed by atoms with van der Waals surface area (Å²) < 4.78 is 7.42. The van der Waals surface area contributed by atoms with Crippen molar-refractivity contribution in [2.24, 2.45) is 7.05 Å². The molecule has 1 aromatic carbocycles. The van der Waals surface area contributed by atoms with Gasteiger partial charge in [0.05, 0.1) is 24.1 Å². The minimum absolute atomic E-state index is 0.675. The van der Waals surface area contributed by atoms with E-state index in [9.17, 15) is 0 Å². The van der Waals surface area contributed by atoms with Gasteiger partial charge in [-0.3, -0.25) is 4.68 Å². The molecule has 1 aliphatic heterocycles. The Morgan fingerprint density at radius 1 is 1.16 bits per heavy atom. The predicted octanol–water partition coefficient (Wildman–Crippen LogP) is 3.49. The summed E-state index contributed by atoms with van der Waals surface area (Å²) in [6.07, 6.45) is 1.82. The molecule has 0 N–H and O–H groups in total. The van der Waals surface area contributed by atoms with Crippen LogP contribution < -0.4 is 9.80 Å². The molecular weight excluding hydrogens is 338 g/mol. The lowest BCUT2D eigenvalue weighted by Gasteiger charge is -2.36. The molecule has 2 aromatic heterocycles. The molecule has 0 saturated carbocycles. The zero-order chi connectivity index (χ0) is 17.6. The monoisotopic (exact) mass is 357 g/mol. The lowest BCUT2D eigenvalue weighted by atomic mass is 10.1. The third kappa shape index (κ3) is 2.87. The van der Waals surface area contributed by atoms with E-state index >= 15 is 0 Å². The third-order valence-electron chi connectivity index (χ3n) is 4.81. The quantitative estimate of drug-likeness (QED) is 0.718. The summed E-state index contributed by atoms with van der Waals surface area (Å²) in [7, 11) is 4.01. The van der Waals surface area contributed by atoms with Gasteiger partial charge in [-0.1, -0.05) is 16.8 Å². The minimum atomic E-state index is 0.675. The number of anilines is 2. The summed E-state index contributed by atoms with van der Waals surface area (Å²) in [6, 6.07) is 8.00. The Hall–Kier alpha value is -2.47. The molecule has 6 nitrogen and oxygen atoms in total. The molecule has 0 aliphatic carbocycles. The van der Waals surface area contributed by atoms with Gasteiger partial charge >= 0.3 is 0 Å². The highest BCUT2D eigenvalue weighted by molar-refractivity contribution is 6.31. The SMILES string of the molecule is Cc1c(-c2cc(CN3CCN(C)c4cc(Cl)ccc43)on2)cnn1C. The number of nitrogens with zero attached hydrogens (tertiary/aromatic N) is 5. The lowest BCUT2D eigenvalue weighted by Crippen LogP contribution is -2.38. The van der Waals surface area contributed by atoms with E-state index in [1.165, 1.54) is 0 Å². The summed E-state index contributed by atoms with van der Waals surface area (Å²) in [5.74, 6) is 0.837. The van der Waals surface area contributed by atoms with Crippen LogP contribution in [0.25, 0.3) is 11.3 Å². The van der Waals surface area contributed by atoms with Gasteiger partial charge in [0, 0.05) is 49.5 Å². The van der Waals surface area contributed by atoms with Crippen LogP contribution in [-0.4, -0.2) is 35.1 Å². The fraction of sp³-hybridized carbons (Fsp3) is 0.333. The van der Waals surface area contributed by atoms with Crippen molar-refractivity contribution in [1.82, 2.24) is 14.9 Å². The zero-order valence-corrected chi connectivity index (χ0v) is 15.3. The van der Waals surface area contributed by atoms with E-state index < -0.39 is 0 Å². The van der Waals surface area contributed by atoms with Crippen molar-refractivity contribution in [3.05, 3.63) is 46.9 Å². The summed E-state index contributed by atoms with van der Waals surface area (Å²) in [5.41, 5.74) is 5.20. The number of aromatic nitrogens is 3. The van der Waals surface area contributed by atoms with E-state index in [-0.39, 0.29) is 0 Å². The largest absolute Gasteiger partial charge is 0.371 e. The van der Waals surface area contributed by atoms with Crippen LogP contribution in [0.3, 0.4) is 0 Å². The van der Waals surface area contributed by atoms with Gasteiger partial charge in [0.2, 0.25) is 0 Å². The molecule has 0 radical (unpaired) electrons. The van der Waals surface area contributed by atoms with Crippen molar-refractivity contribution < 1.29 is 4.52 Å². The van der Waals surface area contributed by atoms with Gasteiger partial charge < -0.3 is 14.3 Å². The fourth-order valence-electron chi connectivity index (χ4n) is 3.20. The number of fused-ring (bicyclic) bond motifs is 1. The first-order valence-corrected chi connectivity index (χ1v) is 8.61. The maximum Gasteiger partial charge on any atom is 0.156 e. The van der Waals surface area contributed by atoms with Gasteiger partial charge in [-0.15, -0.1) is 0 Å². The smallest absolute Gasteiger partial charge is 0.156 e. The van der Waals surface area contributed by atoms with Crippen molar-refractivity contribution in [3.8, 4) is 11.3 Å². The van der Waals surface area contributed by atoms with Gasteiger partial charge in [-0.05, 0) is 25.1 Å². The van der Waals surface area contributed by atoms with Crippen LogP contribution >= 0.6 is 11.6 Å². The topological polar surface area (TPSA) is 50.3 Å². The Morgan fingerprint density at radius 3 is 2.76 bits per heavy atom. The van der Waals surface area contributed by atoms with Gasteiger partial charge in [0.1, 0.15) is 5.69 Å². The minimum Gasteiger partial charge on any atom is -0.371 e. The molecule has 7 heteroatoms. The van der Waals surface area contributed by atoms with Crippen LogP contribution in [0.4, 0.5) is 11.4 Å². The van der Waals surface area contributed by atoms with Crippen LogP contribution in [0.1, 0.15) is 11.5 Å². The van der Waals surface area contributed by atoms with Crippen LogP contribution in [0.15, 0.2) is 35.0 Å². The highest BCUT2D eigenvalue weighted by Crippen LogP contribution is 2.35. The fourth-order valence-corrected chi connectivity index (χ4v) is 3.36. The molecule has 4 rings (SSSR count). The van der Waals surface area contributed by atoms with Gasteiger partial charge in [0.25, 0.3) is 0 Å². The summed E-state index contributed by atoms with van der Waals surface area (Å²) in [4.78, 5) is 4.52. The van der Waals surface area contributed by atoms with Crippen LogP contribution in [0.2, 0.25) is 5.02 Å². The summed E-state index contributed by atoms with van der Waals surface area (Å²) >= 11 is 6.16. The molecule has 1 aliphatic rings. The van der Waals surface area contributed by atoms with Gasteiger partial charge in [-0.2, -0.15) is 5.10 Å². The lowest BCUT2D eigenvalue weighted by molar-refractivity contribution is 0.382. The number of hydrogen-bond donors (Lipinski definition) is 0. The number of aryl methyl sites for hydroxylation is 1. The first kappa shape index (κ1) is 16.0. The molecule has 0 spiro atoms. The van der Waals surface area contributed by atoms with E-state index in [0.29, 0.717) is 6.54 Å². The molecule has 0 atom stereocenters. The molecule has 0 fully saturated rings. The predicted molar refractivity (Wildman–Crippen MR) is 99.2 cm³/mol. The van der Waals surface area contributed by atoms with Crippen LogP contribution in [0, 0.1) is 6.92 Å². The van der Waals surface area contributed by atoms with Crippen molar-refractivity contribution in [2.75, 3.05) is 29.9 Å². The highest BCUT2D eigenvalue weighted by Gasteiger charge is 2.22. The van der Waals surface area contributed by atoms with E-state index in [1.807, 2.05) is 43.0 Å². The van der Waals surface area contributed by atoms with Crippen molar-refractivity contribution in [1.29, 1.82) is 0 Å². The average Bonchev–Trinajstić information content (AvgIpc) is 3.18. The Kier molecular flexibility index (Phi) is 3.92. The van der Waals surface area contributed by atoms with E-state index in [0.717, 1.165) is 52.2 Å². The molecule has 25 heavy (non-hydrogen) atoms. The van der Waals surface area contributed by atoms with Crippen LogP contribution in [-0.2, 0) is 13.6 Å². The number of benzene rings is 1. The zero-order valence-electron chi connectivity index (χ0n) is 14.5. The highest BCUT2D eigenvalue weighted by atomic mass is 35.5. The maximum atomic E-state index is 6.16. The Balaban J connectivity index is 1.60. The first-order chi connectivity index (χ1) is 12.0. The average molecular weight is 358 g/mol. The van der Waals surface area contributed by atoms with Crippen molar-refractivity contribution >= 4 is 23.0 Å². The van der Waals surface area contributed by atoms with Gasteiger partial charge in [0.15, 0.2) is 5.76 Å². The summed E-state index contributed by atoms with van der Waals surface area (Å²) in [6.45, 7) is 4.56. The van der Waals surface area contributed by atoms with Crippen molar-refractivity contribution in [2.45, 2.75) is 13.5 Å². The number of halogens is 1. The standard InChI is InChI=1S/C18H20ClN5O/c1-12-15(10-20-23(12)3)16-9-14(25-21-16)11-24-7-6-22(2)18-8-13(19)4-5-17(18)24/h4-5,8-10H,6-7,11H2,1-3H3. The molecule has 3 heterocycles. The van der Waals surface area contributed by atoms with Crippen LogP contribution in [0.5, 0.6) is 0 Å². The molecule has 0 amide bonds. The van der Waals surface area contributed by atoms with Crippen molar-refractivity contribution in [3.63, 3.8) is 0 Å². The summed E-state index contributed by atoms with van der Waals surface area (Å²) in [5, 5.41) is 9.25. The van der Waals surface area contributed by atoms with Gasteiger partial charge in [-0.25, -0.2) is 0 Å². The van der Waals surface area contributed by atoms with E-state index in [4.69, 9.17) is 16.1 Å². The number of likely N-dealkylation sites (N-methyl/N-ethyl adjacent to an activating group) is 1. The second-order valence-electron chi connectivity index (χ2n) is 6.42. The molecular formula is C18H20ClN5O. The second kappa shape index (κ2) is 6.11. The molecule has 130 valence electrons. The number of rotatable bonds is 3. The third-order valence-corrected chi connectivity index (χ3v) is 5.05. The van der Waals surface area contributed by atoms with E-state index in [2.05, 4.69) is 33.2 Å². The second-order valence-corrected chi connectivity index (χ2v) is 6.86. The number of hydrogen-bond acceptors (Lipinski definition) is 5. The maximum absolute atomic E-state index is 6.16. The molecule has 0 saturated heterocycles. The first-order valence-electron chi connectivity index (χ1n) is 8.23. The molecule has 0 unspecified atom stereocenters. The Bertz CT molecular complexity index is 916. The normalized spacial score (nSPS) is 14.1. The van der Waals surface area contributed by atoms with E-state index in [1.54, 1.807) is 0 Å². The Labute approximate surface area is 151 Å². The molecule has 3 aromatic rings. The Morgan fingerprint density at radius 2 is 2.00 bits per heavy atom.